The second-order valence-corrected chi connectivity index (χ2v) is 5.94. The van der Waals surface area contributed by atoms with Gasteiger partial charge in [-0.1, -0.05) is 76.1 Å². The Morgan fingerprint density at radius 2 is 1.52 bits per heavy atom. The molecule has 114 valence electrons. The van der Waals surface area contributed by atoms with Crippen LogP contribution >= 0.6 is 0 Å². The van der Waals surface area contributed by atoms with Gasteiger partial charge in [0.05, 0.1) is 0 Å². The highest BCUT2D eigenvalue weighted by molar-refractivity contribution is 5.86. The van der Waals surface area contributed by atoms with Gasteiger partial charge in [0.25, 0.3) is 0 Å². The molecule has 2 aromatic rings. The second-order valence-electron chi connectivity index (χ2n) is 5.94. The van der Waals surface area contributed by atoms with E-state index in [-0.39, 0.29) is 0 Å². The quantitative estimate of drug-likeness (QED) is 0.654. The summed E-state index contributed by atoms with van der Waals surface area (Å²) >= 11 is 0. The molecule has 0 saturated heterocycles. The molecule has 0 aliphatic rings. The van der Waals surface area contributed by atoms with Crippen molar-refractivity contribution in [1.82, 2.24) is 5.32 Å². The lowest BCUT2D eigenvalue weighted by molar-refractivity contribution is 0.322. The molecule has 0 bridgehead atoms. The highest BCUT2D eigenvalue weighted by atomic mass is 14.9. The zero-order valence-electron chi connectivity index (χ0n) is 13.7. The van der Waals surface area contributed by atoms with Crippen molar-refractivity contribution >= 4 is 10.8 Å². The van der Waals surface area contributed by atoms with Gasteiger partial charge < -0.3 is 5.32 Å². The smallest absolute Gasteiger partial charge is 0.0354 e. The standard InChI is InChI=1S/C20H29N/c1-4-10-17(11-5-2)20(21-6-3)19-15-9-13-16-12-7-8-14-18(16)19/h7-9,12-15,17,20-21H,4-6,10-11H2,1-3H3. The van der Waals surface area contributed by atoms with Crippen LogP contribution < -0.4 is 5.32 Å². The summed E-state index contributed by atoms with van der Waals surface area (Å²) in [5, 5.41) is 6.52. The minimum absolute atomic E-state index is 0.473. The van der Waals surface area contributed by atoms with E-state index >= 15 is 0 Å². The van der Waals surface area contributed by atoms with E-state index in [9.17, 15) is 0 Å². The lowest BCUT2D eigenvalue weighted by Crippen LogP contribution is -2.28. The third kappa shape index (κ3) is 3.85. The van der Waals surface area contributed by atoms with Crippen molar-refractivity contribution in [3.8, 4) is 0 Å². The second kappa shape index (κ2) is 8.19. The van der Waals surface area contributed by atoms with Gasteiger partial charge in [0, 0.05) is 6.04 Å². The molecule has 0 spiro atoms. The first-order valence-corrected chi connectivity index (χ1v) is 8.52. The van der Waals surface area contributed by atoms with E-state index in [0.29, 0.717) is 6.04 Å². The Morgan fingerprint density at radius 3 is 2.19 bits per heavy atom. The molecule has 2 rings (SSSR count). The molecule has 0 saturated carbocycles. The van der Waals surface area contributed by atoms with Gasteiger partial charge in [-0.3, -0.25) is 0 Å². The molecular formula is C20H29N. The van der Waals surface area contributed by atoms with Crippen LogP contribution in [0.25, 0.3) is 10.8 Å². The van der Waals surface area contributed by atoms with Crippen molar-refractivity contribution in [3.05, 3.63) is 48.0 Å². The zero-order chi connectivity index (χ0) is 15.1. The maximum Gasteiger partial charge on any atom is 0.0354 e. The Morgan fingerprint density at radius 1 is 0.857 bits per heavy atom. The minimum Gasteiger partial charge on any atom is -0.310 e. The Hall–Kier alpha value is -1.34. The van der Waals surface area contributed by atoms with Crippen LogP contribution in [0.2, 0.25) is 0 Å². The van der Waals surface area contributed by atoms with E-state index in [1.807, 2.05) is 0 Å². The molecule has 2 aromatic carbocycles. The molecule has 0 fully saturated rings. The average Bonchev–Trinajstić information content (AvgIpc) is 2.52. The van der Waals surface area contributed by atoms with Crippen molar-refractivity contribution < 1.29 is 0 Å². The topological polar surface area (TPSA) is 12.0 Å². The molecular weight excluding hydrogens is 254 g/mol. The first-order chi connectivity index (χ1) is 10.3. The number of rotatable bonds is 8. The Labute approximate surface area is 129 Å². The van der Waals surface area contributed by atoms with E-state index in [2.05, 4.69) is 68.6 Å². The van der Waals surface area contributed by atoms with Crippen LogP contribution in [-0.2, 0) is 0 Å². The SMILES string of the molecule is CCCC(CCC)C(NCC)c1cccc2ccccc12. The van der Waals surface area contributed by atoms with E-state index in [0.717, 1.165) is 12.5 Å². The fourth-order valence-electron chi connectivity index (χ4n) is 3.49. The average molecular weight is 283 g/mol. The Bertz CT molecular complexity index is 535. The predicted octanol–water partition coefficient (Wildman–Crippen LogP) is 5.71. The van der Waals surface area contributed by atoms with E-state index in [1.165, 1.54) is 42.0 Å². The van der Waals surface area contributed by atoms with Crippen LogP contribution in [-0.4, -0.2) is 6.54 Å². The lowest BCUT2D eigenvalue weighted by atomic mass is 9.84. The number of hydrogen-bond acceptors (Lipinski definition) is 1. The summed E-state index contributed by atoms with van der Waals surface area (Å²) in [6, 6.07) is 16.0. The fraction of sp³-hybridized carbons (Fsp3) is 0.500. The van der Waals surface area contributed by atoms with Gasteiger partial charge in [-0.25, -0.2) is 0 Å². The molecule has 0 aromatic heterocycles. The van der Waals surface area contributed by atoms with Gasteiger partial charge >= 0.3 is 0 Å². The summed E-state index contributed by atoms with van der Waals surface area (Å²) < 4.78 is 0. The van der Waals surface area contributed by atoms with Gasteiger partial charge in [0.15, 0.2) is 0 Å². The summed E-state index contributed by atoms with van der Waals surface area (Å²) in [5.41, 5.74) is 1.47. The fourth-order valence-corrected chi connectivity index (χ4v) is 3.49. The molecule has 0 aliphatic heterocycles. The summed E-state index contributed by atoms with van der Waals surface area (Å²) in [7, 11) is 0. The largest absolute Gasteiger partial charge is 0.310 e. The Kier molecular flexibility index (Phi) is 6.25. The van der Waals surface area contributed by atoms with Crippen LogP contribution in [0.1, 0.15) is 58.1 Å². The minimum atomic E-state index is 0.473. The normalized spacial score (nSPS) is 13.0. The number of hydrogen-bond donors (Lipinski definition) is 1. The van der Waals surface area contributed by atoms with E-state index in [1.54, 1.807) is 0 Å². The molecule has 1 N–H and O–H groups in total. The van der Waals surface area contributed by atoms with Crippen LogP contribution in [0.15, 0.2) is 42.5 Å². The Balaban J connectivity index is 2.43. The summed E-state index contributed by atoms with van der Waals surface area (Å²) in [5.74, 6) is 0.728. The van der Waals surface area contributed by atoms with E-state index < -0.39 is 0 Å². The number of benzene rings is 2. The molecule has 1 heteroatoms. The predicted molar refractivity (Wildman–Crippen MR) is 93.7 cm³/mol. The first kappa shape index (κ1) is 16.0. The molecule has 0 radical (unpaired) electrons. The highest BCUT2D eigenvalue weighted by Crippen LogP contribution is 2.33. The van der Waals surface area contributed by atoms with Crippen molar-refractivity contribution in [2.45, 2.75) is 52.5 Å². The summed E-state index contributed by atoms with van der Waals surface area (Å²) in [6.07, 6.45) is 5.12. The lowest BCUT2D eigenvalue weighted by Gasteiger charge is -2.29. The van der Waals surface area contributed by atoms with E-state index in [4.69, 9.17) is 0 Å². The molecule has 21 heavy (non-hydrogen) atoms. The maximum absolute atomic E-state index is 3.76. The zero-order valence-corrected chi connectivity index (χ0v) is 13.7. The number of nitrogens with one attached hydrogen (secondary N) is 1. The van der Waals surface area contributed by atoms with Gasteiger partial charge in [-0.2, -0.15) is 0 Å². The van der Waals surface area contributed by atoms with Gasteiger partial charge in [-0.05, 0) is 41.6 Å². The van der Waals surface area contributed by atoms with Gasteiger partial charge in [-0.15, -0.1) is 0 Å². The van der Waals surface area contributed by atoms with Crippen LogP contribution in [0, 0.1) is 5.92 Å². The molecule has 1 nitrogen and oxygen atoms in total. The first-order valence-electron chi connectivity index (χ1n) is 8.52. The molecule has 1 unspecified atom stereocenters. The van der Waals surface area contributed by atoms with Crippen LogP contribution in [0.3, 0.4) is 0 Å². The molecule has 0 heterocycles. The maximum atomic E-state index is 3.76. The van der Waals surface area contributed by atoms with Crippen molar-refractivity contribution in [1.29, 1.82) is 0 Å². The molecule has 0 aliphatic carbocycles. The summed E-state index contributed by atoms with van der Waals surface area (Å²) in [4.78, 5) is 0. The van der Waals surface area contributed by atoms with Crippen molar-refractivity contribution in [3.63, 3.8) is 0 Å². The molecule has 0 amide bonds. The van der Waals surface area contributed by atoms with Gasteiger partial charge in [0.2, 0.25) is 0 Å². The monoisotopic (exact) mass is 283 g/mol. The highest BCUT2D eigenvalue weighted by Gasteiger charge is 2.22. The third-order valence-electron chi connectivity index (χ3n) is 4.37. The third-order valence-corrected chi connectivity index (χ3v) is 4.37. The van der Waals surface area contributed by atoms with Gasteiger partial charge in [0.1, 0.15) is 0 Å². The molecule has 1 atom stereocenters. The number of fused-ring (bicyclic) bond motifs is 1. The van der Waals surface area contributed by atoms with Crippen molar-refractivity contribution in [2.75, 3.05) is 6.54 Å². The summed E-state index contributed by atoms with van der Waals surface area (Å²) in [6.45, 7) is 7.84. The van der Waals surface area contributed by atoms with Crippen LogP contribution in [0.4, 0.5) is 0 Å². The van der Waals surface area contributed by atoms with Crippen LogP contribution in [0.5, 0.6) is 0 Å². The van der Waals surface area contributed by atoms with Crippen molar-refractivity contribution in [2.24, 2.45) is 5.92 Å².